The molecular formula is C16H21ClN4OS. The maximum absolute atomic E-state index is 11.7. The highest BCUT2D eigenvalue weighted by Gasteiger charge is 2.20. The molecule has 0 fully saturated rings. The monoisotopic (exact) mass is 352 g/mol. The molecule has 0 saturated carbocycles. The molecule has 0 unspecified atom stereocenters. The smallest absolute Gasteiger partial charge is 0.225 e. The fourth-order valence-corrected chi connectivity index (χ4v) is 2.71. The van der Waals surface area contributed by atoms with Gasteiger partial charge in [-0.1, -0.05) is 55.8 Å². The van der Waals surface area contributed by atoms with Gasteiger partial charge < -0.3 is 10.6 Å². The predicted molar refractivity (Wildman–Crippen MR) is 95.1 cm³/mol. The quantitative estimate of drug-likeness (QED) is 0.782. The number of rotatable bonds is 6. The first-order valence-electron chi connectivity index (χ1n) is 7.43. The molecule has 1 amide bonds. The SMILES string of the molecule is CC(C)(C)C(=O)NCCNc1nnc(Cc2ccc(Cl)cc2)s1. The van der Waals surface area contributed by atoms with Crippen LogP contribution in [0.25, 0.3) is 0 Å². The van der Waals surface area contributed by atoms with Crippen LogP contribution in [0, 0.1) is 5.41 Å². The van der Waals surface area contributed by atoms with Gasteiger partial charge in [-0.25, -0.2) is 0 Å². The van der Waals surface area contributed by atoms with Crippen molar-refractivity contribution in [2.45, 2.75) is 27.2 Å². The van der Waals surface area contributed by atoms with Gasteiger partial charge in [0.15, 0.2) is 0 Å². The summed E-state index contributed by atoms with van der Waals surface area (Å²) in [7, 11) is 0. The first kappa shape index (κ1) is 17.7. The molecule has 0 aliphatic rings. The Hall–Kier alpha value is -1.66. The van der Waals surface area contributed by atoms with Crippen molar-refractivity contribution in [3.8, 4) is 0 Å². The molecule has 0 aliphatic carbocycles. The van der Waals surface area contributed by atoms with Crippen molar-refractivity contribution in [3.05, 3.63) is 39.9 Å². The van der Waals surface area contributed by atoms with Crippen molar-refractivity contribution in [2.75, 3.05) is 18.4 Å². The minimum atomic E-state index is -0.367. The predicted octanol–water partition coefficient (Wildman–Crippen LogP) is 3.36. The molecule has 1 aromatic carbocycles. The van der Waals surface area contributed by atoms with E-state index < -0.39 is 0 Å². The number of amides is 1. The van der Waals surface area contributed by atoms with Crippen LogP contribution in [0.1, 0.15) is 31.3 Å². The third-order valence-electron chi connectivity index (χ3n) is 3.10. The minimum absolute atomic E-state index is 0.0417. The van der Waals surface area contributed by atoms with E-state index in [1.54, 1.807) is 0 Å². The zero-order chi connectivity index (χ0) is 16.9. The maximum atomic E-state index is 11.7. The standard InChI is InChI=1S/C16H21ClN4OS/c1-16(2,3)14(22)18-8-9-19-15-21-20-13(23-15)10-11-4-6-12(17)7-5-11/h4-7H,8-10H2,1-3H3,(H,18,22)(H,19,21). The van der Waals surface area contributed by atoms with Crippen LogP contribution in [0.3, 0.4) is 0 Å². The van der Waals surface area contributed by atoms with Crippen LogP contribution in [-0.2, 0) is 11.2 Å². The third kappa shape index (κ3) is 5.80. The topological polar surface area (TPSA) is 66.9 Å². The van der Waals surface area contributed by atoms with Gasteiger partial charge in [0.1, 0.15) is 5.01 Å². The second-order valence-electron chi connectivity index (χ2n) is 6.24. The number of anilines is 1. The lowest BCUT2D eigenvalue weighted by Crippen LogP contribution is -2.37. The van der Waals surface area contributed by atoms with Gasteiger partial charge in [-0.2, -0.15) is 0 Å². The Balaban J connectivity index is 1.77. The first-order chi connectivity index (χ1) is 10.8. The lowest BCUT2D eigenvalue weighted by Gasteiger charge is -2.17. The van der Waals surface area contributed by atoms with Crippen molar-refractivity contribution in [1.29, 1.82) is 0 Å². The zero-order valence-electron chi connectivity index (χ0n) is 13.5. The molecule has 1 aromatic heterocycles. The van der Waals surface area contributed by atoms with Crippen molar-refractivity contribution in [1.82, 2.24) is 15.5 Å². The summed E-state index contributed by atoms with van der Waals surface area (Å²) in [6.45, 7) is 6.86. The van der Waals surface area contributed by atoms with Gasteiger partial charge in [0.25, 0.3) is 0 Å². The van der Waals surface area contributed by atoms with Gasteiger partial charge in [0, 0.05) is 29.9 Å². The van der Waals surface area contributed by atoms with E-state index in [0.717, 1.165) is 27.1 Å². The van der Waals surface area contributed by atoms with E-state index in [0.29, 0.717) is 13.1 Å². The second kappa shape index (κ2) is 7.75. The number of carbonyl (C=O) groups excluding carboxylic acids is 1. The third-order valence-corrected chi connectivity index (χ3v) is 4.24. The Morgan fingerprint density at radius 2 is 1.87 bits per heavy atom. The molecule has 0 bridgehead atoms. The molecular weight excluding hydrogens is 332 g/mol. The van der Waals surface area contributed by atoms with Gasteiger partial charge >= 0.3 is 0 Å². The van der Waals surface area contributed by atoms with Crippen LogP contribution in [0.15, 0.2) is 24.3 Å². The summed E-state index contributed by atoms with van der Waals surface area (Å²) < 4.78 is 0. The fraction of sp³-hybridized carbons (Fsp3) is 0.438. The molecule has 0 atom stereocenters. The van der Waals surface area contributed by atoms with Crippen molar-refractivity contribution >= 4 is 34.0 Å². The van der Waals surface area contributed by atoms with Crippen LogP contribution in [0.2, 0.25) is 5.02 Å². The summed E-state index contributed by atoms with van der Waals surface area (Å²) >= 11 is 7.39. The van der Waals surface area contributed by atoms with E-state index in [4.69, 9.17) is 11.6 Å². The van der Waals surface area contributed by atoms with E-state index in [9.17, 15) is 4.79 Å². The van der Waals surface area contributed by atoms with E-state index in [1.807, 2.05) is 45.0 Å². The first-order valence-corrected chi connectivity index (χ1v) is 8.63. The van der Waals surface area contributed by atoms with Gasteiger partial charge in [-0.15, -0.1) is 10.2 Å². The molecule has 2 N–H and O–H groups in total. The summed E-state index contributed by atoms with van der Waals surface area (Å²) in [5.41, 5.74) is 0.781. The Labute approximate surface area is 145 Å². The Morgan fingerprint density at radius 3 is 2.52 bits per heavy atom. The molecule has 5 nitrogen and oxygen atoms in total. The van der Waals surface area contributed by atoms with Crippen LogP contribution in [0.5, 0.6) is 0 Å². The lowest BCUT2D eigenvalue weighted by molar-refractivity contribution is -0.128. The van der Waals surface area contributed by atoms with E-state index in [1.165, 1.54) is 11.3 Å². The molecule has 0 saturated heterocycles. The summed E-state index contributed by atoms with van der Waals surface area (Å²) in [4.78, 5) is 11.7. The molecule has 2 aromatic rings. The molecule has 1 heterocycles. The van der Waals surface area contributed by atoms with Gasteiger partial charge in [-0.05, 0) is 17.7 Å². The van der Waals surface area contributed by atoms with Gasteiger partial charge in [0.2, 0.25) is 11.0 Å². The average molecular weight is 353 g/mol. The number of nitrogens with one attached hydrogen (secondary N) is 2. The minimum Gasteiger partial charge on any atom is -0.358 e. The molecule has 7 heteroatoms. The fourth-order valence-electron chi connectivity index (χ4n) is 1.78. The molecule has 2 rings (SSSR count). The maximum Gasteiger partial charge on any atom is 0.225 e. The highest BCUT2D eigenvalue weighted by atomic mass is 35.5. The van der Waals surface area contributed by atoms with Crippen molar-refractivity contribution < 1.29 is 4.79 Å². The molecule has 0 radical (unpaired) electrons. The highest BCUT2D eigenvalue weighted by molar-refractivity contribution is 7.15. The number of nitrogens with zero attached hydrogens (tertiary/aromatic N) is 2. The summed E-state index contributed by atoms with van der Waals surface area (Å²) in [6.07, 6.45) is 0.733. The molecule has 0 aliphatic heterocycles. The van der Waals surface area contributed by atoms with E-state index >= 15 is 0 Å². The number of hydrogen-bond donors (Lipinski definition) is 2. The summed E-state index contributed by atoms with van der Waals surface area (Å²) in [5, 5.41) is 16.8. The molecule has 23 heavy (non-hydrogen) atoms. The van der Waals surface area contributed by atoms with Crippen LogP contribution >= 0.6 is 22.9 Å². The highest BCUT2D eigenvalue weighted by Crippen LogP contribution is 2.19. The summed E-state index contributed by atoms with van der Waals surface area (Å²) in [6, 6.07) is 7.71. The van der Waals surface area contributed by atoms with E-state index in [-0.39, 0.29) is 11.3 Å². The van der Waals surface area contributed by atoms with Crippen LogP contribution in [-0.4, -0.2) is 29.2 Å². The van der Waals surface area contributed by atoms with Crippen molar-refractivity contribution in [2.24, 2.45) is 5.41 Å². The van der Waals surface area contributed by atoms with Gasteiger partial charge in [-0.3, -0.25) is 4.79 Å². The Bertz CT molecular complexity index is 649. The number of aromatic nitrogens is 2. The Morgan fingerprint density at radius 1 is 1.17 bits per heavy atom. The number of benzene rings is 1. The van der Waals surface area contributed by atoms with Crippen LogP contribution in [0.4, 0.5) is 5.13 Å². The lowest BCUT2D eigenvalue weighted by atomic mass is 9.96. The average Bonchev–Trinajstić information content (AvgIpc) is 2.92. The molecule has 124 valence electrons. The van der Waals surface area contributed by atoms with Gasteiger partial charge in [0.05, 0.1) is 0 Å². The van der Waals surface area contributed by atoms with Crippen LogP contribution < -0.4 is 10.6 Å². The number of carbonyl (C=O) groups is 1. The zero-order valence-corrected chi connectivity index (χ0v) is 15.1. The second-order valence-corrected chi connectivity index (χ2v) is 7.74. The molecule has 0 spiro atoms. The van der Waals surface area contributed by atoms with Crippen molar-refractivity contribution in [3.63, 3.8) is 0 Å². The normalized spacial score (nSPS) is 11.3. The summed E-state index contributed by atoms with van der Waals surface area (Å²) in [5.74, 6) is 0.0417. The number of halogens is 1. The largest absolute Gasteiger partial charge is 0.358 e. The Kier molecular flexibility index (Phi) is 5.96. The van der Waals surface area contributed by atoms with E-state index in [2.05, 4.69) is 20.8 Å². The number of hydrogen-bond acceptors (Lipinski definition) is 5.